The number of hydrazone groups is 1. The number of amides is 2. The van der Waals surface area contributed by atoms with Crippen molar-refractivity contribution in [2.24, 2.45) is 11.0 Å². The predicted molar refractivity (Wildman–Crippen MR) is 101 cm³/mol. The lowest BCUT2D eigenvalue weighted by Gasteiger charge is -2.15. The van der Waals surface area contributed by atoms with Crippen LogP contribution in [-0.2, 0) is 9.59 Å². The molecule has 1 saturated heterocycles. The maximum Gasteiger partial charge on any atom is 0.253 e. The monoisotopic (exact) mass is 367 g/mol. The highest BCUT2D eigenvalue weighted by Crippen LogP contribution is 2.31. The van der Waals surface area contributed by atoms with Gasteiger partial charge in [-0.2, -0.15) is 5.10 Å². The zero-order valence-corrected chi connectivity index (χ0v) is 15.1. The third-order valence-corrected chi connectivity index (χ3v) is 4.83. The molecule has 27 heavy (non-hydrogen) atoms. The van der Waals surface area contributed by atoms with Crippen molar-refractivity contribution in [2.45, 2.75) is 19.8 Å². The van der Waals surface area contributed by atoms with Crippen LogP contribution in [-0.4, -0.2) is 34.8 Å². The molecule has 7 heteroatoms. The normalized spacial score (nSPS) is 19.3. The molecule has 1 aliphatic rings. The maximum absolute atomic E-state index is 12.5. The second-order valence-corrected chi connectivity index (χ2v) is 6.57. The van der Waals surface area contributed by atoms with Crippen molar-refractivity contribution in [3.05, 3.63) is 58.7 Å². The molecule has 2 atom stereocenters. The summed E-state index contributed by atoms with van der Waals surface area (Å²) in [4.78, 5) is 24.7. The lowest BCUT2D eigenvalue weighted by Crippen LogP contribution is -2.34. The molecule has 0 aromatic heterocycles. The first-order valence-electron chi connectivity index (χ1n) is 8.58. The highest BCUT2D eigenvalue weighted by atomic mass is 16.3. The number of carbonyl (C=O) groups is 2. The fourth-order valence-corrected chi connectivity index (χ4v) is 3.23. The first-order chi connectivity index (χ1) is 12.9. The molecule has 7 nitrogen and oxygen atoms in total. The standard InChI is InChI=1S/C20H21N3O4/c1-11-8-16(24)12(2)18(25)14(11)10-22-23-20(27)17-15(9-21-19(17)26)13-6-4-3-5-7-13/h3-8,10,15,17,24-25H,9H2,1-2H3,(H,21,26)(H,23,27)/b22-10+/t15-,17-/m1/s1. The number of nitrogens with one attached hydrogen (secondary N) is 2. The molecular weight excluding hydrogens is 346 g/mol. The third kappa shape index (κ3) is 3.62. The van der Waals surface area contributed by atoms with Gasteiger partial charge in [0.1, 0.15) is 17.4 Å². The Morgan fingerprint density at radius 1 is 1.26 bits per heavy atom. The van der Waals surface area contributed by atoms with Gasteiger partial charge >= 0.3 is 0 Å². The van der Waals surface area contributed by atoms with E-state index >= 15 is 0 Å². The van der Waals surface area contributed by atoms with E-state index in [1.54, 1.807) is 13.8 Å². The molecule has 0 bridgehead atoms. The van der Waals surface area contributed by atoms with Crippen molar-refractivity contribution in [3.63, 3.8) is 0 Å². The summed E-state index contributed by atoms with van der Waals surface area (Å²) >= 11 is 0. The van der Waals surface area contributed by atoms with Gasteiger partial charge in [0.25, 0.3) is 5.91 Å². The van der Waals surface area contributed by atoms with E-state index in [0.717, 1.165) is 5.56 Å². The number of nitrogens with zero attached hydrogens (tertiary/aromatic N) is 1. The summed E-state index contributed by atoms with van der Waals surface area (Å²) in [6.45, 7) is 3.67. The van der Waals surface area contributed by atoms with Crippen LogP contribution in [0.1, 0.15) is 28.2 Å². The lowest BCUT2D eigenvalue weighted by molar-refractivity contribution is -0.133. The molecule has 0 unspecified atom stereocenters. The highest BCUT2D eigenvalue weighted by Gasteiger charge is 2.40. The van der Waals surface area contributed by atoms with Gasteiger partial charge in [0, 0.05) is 23.6 Å². The number of aromatic hydroxyl groups is 2. The number of hydrogen-bond acceptors (Lipinski definition) is 5. The summed E-state index contributed by atoms with van der Waals surface area (Å²) in [5.74, 6) is -2.11. The zero-order valence-electron chi connectivity index (χ0n) is 15.1. The van der Waals surface area contributed by atoms with E-state index in [2.05, 4.69) is 15.8 Å². The van der Waals surface area contributed by atoms with Gasteiger partial charge in [-0.25, -0.2) is 5.43 Å². The Bertz CT molecular complexity index is 909. The number of carbonyl (C=O) groups excluding carboxylic acids is 2. The fourth-order valence-electron chi connectivity index (χ4n) is 3.23. The van der Waals surface area contributed by atoms with Crippen LogP contribution < -0.4 is 10.7 Å². The molecule has 1 heterocycles. The van der Waals surface area contributed by atoms with Crippen LogP contribution in [0.3, 0.4) is 0 Å². The number of hydrogen-bond donors (Lipinski definition) is 4. The second-order valence-electron chi connectivity index (χ2n) is 6.57. The van der Waals surface area contributed by atoms with E-state index in [1.165, 1.54) is 12.3 Å². The molecular formula is C20H21N3O4. The van der Waals surface area contributed by atoms with E-state index in [0.29, 0.717) is 23.2 Å². The van der Waals surface area contributed by atoms with Crippen molar-refractivity contribution in [1.82, 2.24) is 10.7 Å². The first-order valence-corrected chi connectivity index (χ1v) is 8.58. The average molecular weight is 367 g/mol. The molecule has 1 fully saturated rings. The van der Waals surface area contributed by atoms with Crippen molar-refractivity contribution in [1.29, 1.82) is 0 Å². The SMILES string of the molecule is Cc1cc(O)c(C)c(O)c1/C=N/NC(=O)[C@H]1C(=O)NC[C@@H]1c1ccccc1. The maximum atomic E-state index is 12.5. The minimum Gasteiger partial charge on any atom is -0.508 e. The van der Waals surface area contributed by atoms with Gasteiger partial charge in [-0.3, -0.25) is 9.59 Å². The molecule has 140 valence electrons. The van der Waals surface area contributed by atoms with Gasteiger partial charge in [-0.1, -0.05) is 30.3 Å². The summed E-state index contributed by atoms with van der Waals surface area (Å²) < 4.78 is 0. The molecule has 0 aliphatic carbocycles. The molecule has 0 radical (unpaired) electrons. The van der Waals surface area contributed by atoms with Gasteiger partial charge in [0.2, 0.25) is 5.91 Å². The molecule has 1 aliphatic heterocycles. The molecule has 2 aromatic carbocycles. The van der Waals surface area contributed by atoms with E-state index < -0.39 is 11.8 Å². The molecule has 0 saturated carbocycles. The first kappa shape index (κ1) is 18.4. The topological polar surface area (TPSA) is 111 Å². The smallest absolute Gasteiger partial charge is 0.253 e. The summed E-state index contributed by atoms with van der Waals surface area (Å²) in [6, 6.07) is 10.9. The molecule has 4 N–H and O–H groups in total. The minimum absolute atomic E-state index is 0.0143. The van der Waals surface area contributed by atoms with Gasteiger partial charge in [0.05, 0.1) is 6.21 Å². The van der Waals surface area contributed by atoms with Crippen LogP contribution in [0, 0.1) is 19.8 Å². The van der Waals surface area contributed by atoms with Crippen LogP contribution >= 0.6 is 0 Å². The number of benzene rings is 2. The van der Waals surface area contributed by atoms with Gasteiger partial charge in [-0.05, 0) is 31.0 Å². The Morgan fingerprint density at radius 2 is 1.96 bits per heavy atom. The van der Waals surface area contributed by atoms with E-state index in [1.807, 2.05) is 30.3 Å². The number of aryl methyl sites for hydroxylation is 1. The molecule has 3 rings (SSSR count). The quantitative estimate of drug-likeness (QED) is 0.374. The van der Waals surface area contributed by atoms with Crippen LogP contribution in [0.15, 0.2) is 41.5 Å². The van der Waals surface area contributed by atoms with E-state index in [4.69, 9.17) is 0 Å². The van der Waals surface area contributed by atoms with Gasteiger partial charge in [-0.15, -0.1) is 0 Å². The van der Waals surface area contributed by atoms with Crippen LogP contribution in [0.5, 0.6) is 11.5 Å². The highest BCUT2D eigenvalue weighted by molar-refractivity contribution is 6.03. The zero-order chi connectivity index (χ0) is 19.6. The van der Waals surface area contributed by atoms with Crippen LogP contribution in [0.25, 0.3) is 0 Å². The van der Waals surface area contributed by atoms with Gasteiger partial charge in [0.15, 0.2) is 0 Å². The molecule has 0 spiro atoms. The van der Waals surface area contributed by atoms with Crippen LogP contribution in [0.4, 0.5) is 0 Å². The number of rotatable bonds is 4. The average Bonchev–Trinajstić information content (AvgIpc) is 3.05. The fraction of sp³-hybridized carbons (Fsp3) is 0.250. The van der Waals surface area contributed by atoms with Crippen molar-refractivity contribution < 1.29 is 19.8 Å². The minimum atomic E-state index is -0.874. The van der Waals surface area contributed by atoms with Crippen LogP contribution in [0.2, 0.25) is 0 Å². The van der Waals surface area contributed by atoms with Crippen molar-refractivity contribution in [3.8, 4) is 11.5 Å². The summed E-state index contributed by atoms with van der Waals surface area (Å²) in [7, 11) is 0. The molecule has 2 amide bonds. The Balaban J connectivity index is 1.76. The Labute approximate surface area is 156 Å². The van der Waals surface area contributed by atoms with E-state index in [9.17, 15) is 19.8 Å². The Morgan fingerprint density at radius 3 is 2.67 bits per heavy atom. The van der Waals surface area contributed by atoms with E-state index in [-0.39, 0.29) is 23.3 Å². The Kier molecular flexibility index (Phi) is 5.12. The number of phenolic OH excluding ortho intramolecular Hbond substituents is 2. The van der Waals surface area contributed by atoms with Gasteiger partial charge < -0.3 is 15.5 Å². The predicted octanol–water partition coefficient (Wildman–Crippen LogP) is 1.69. The van der Waals surface area contributed by atoms with Crippen molar-refractivity contribution in [2.75, 3.05) is 6.54 Å². The summed E-state index contributed by atoms with van der Waals surface area (Å²) in [6.07, 6.45) is 1.30. The molecule has 2 aromatic rings. The lowest BCUT2D eigenvalue weighted by atomic mass is 9.88. The number of phenols is 2. The largest absolute Gasteiger partial charge is 0.508 e. The third-order valence-electron chi connectivity index (χ3n) is 4.83. The summed E-state index contributed by atoms with van der Waals surface area (Å²) in [5, 5.41) is 26.5. The Hall–Kier alpha value is -3.35. The second kappa shape index (κ2) is 7.49. The summed E-state index contributed by atoms with van der Waals surface area (Å²) in [5.41, 5.74) is 4.62. The van der Waals surface area contributed by atoms with Crippen molar-refractivity contribution >= 4 is 18.0 Å².